The van der Waals surface area contributed by atoms with Crippen molar-refractivity contribution in [3.63, 3.8) is 0 Å². The molecule has 0 fully saturated rings. The van der Waals surface area contributed by atoms with Gasteiger partial charge in [-0.05, 0) is 11.5 Å². The minimum Gasteiger partial charge on any atom is -0.326 e. The third kappa shape index (κ3) is 5.30. The van der Waals surface area contributed by atoms with Crippen molar-refractivity contribution in [2.45, 2.75) is 25.6 Å². The van der Waals surface area contributed by atoms with Crippen molar-refractivity contribution in [3.8, 4) is 0 Å². The number of rotatable bonds is 6. The van der Waals surface area contributed by atoms with Crippen LogP contribution in [0.15, 0.2) is 30.3 Å². The Labute approximate surface area is 103 Å². The molecule has 17 heavy (non-hydrogen) atoms. The second-order valence-corrected chi connectivity index (χ2v) is 6.31. The molecule has 1 unspecified atom stereocenters. The van der Waals surface area contributed by atoms with Gasteiger partial charge < -0.3 is 5.73 Å². The quantitative estimate of drug-likeness (QED) is 0.800. The van der Waals surface area contributed by atoms with E-state index in [9.17, 15) is 8.42 Å². The van der Waals surface area contributed by atoms with Crippen LogP contribution in [0.4, 0.5) is 0 Å². The first-order chi connectivity index (χ1) is 7.91. The van der Waals surface area contributed by atoms with Crippen molar-refractivity contribution in [1.82, 2.24) is 4.72 Å². The topological polar surface area (TPSA) is 72.2 Å². The van der Waals surface area contributed by atoms with Gasteiger partial charge in [0.2, 0.25) is 10.0 Å². The minimum atomic E-state index is -3.29. The van der Waals surface area contributed by atoms with Gasteiger partial charge in [-0.2, -0.15) is 0 Å². The molecule has 5 heteroatoms. The summed E-state index contributed by atoms with van der Waals surface area (Å²) in [6, 6.07) is 8.94. The van der Waals surface area contributed by atoms with Crippen LogP contribution in [0.2, 0.25) is 0 Å². The van der Waals surface area contributed by atoms with E-state index >= 15 is 0 Å². The van der Waals surface area contributed by atoms with Crippen LogP contribution in [-0.4, -0.2) is 21.0 Å². The lowest BCUT2D eigenvalue weighted by Crippen LogP contribution is -2.40. The lowest BCUT2D eigenvalue weighted by Gasteiger charge is -2.16. The van der Waals surface area contributed by atoms with Gasteiger partial charge in [0.1, 0.15) is 0 Å². The Hall–Kier alpha value is -0.910. The van der Waals surface area contributed by atoms with Crippen molar-refractivity contribution in [3.05, 3.63) is 35.9 Å². The van der Waals surface area contributed by atoms with E-state index < -0.39 is 10.0 Å². The van der Waals surface area contributed by atoms with Crippen LogP contribution in [0.25, 0.3) is 0 Å². The average Bonchev–Trinajstić information content (AvgIpc) is 2.26. The number of sulfonamides is 1. The molecule has 3 N–H and O–H groups in total. The van der Waals surface area contributed by atoms with Gasteiger partial charge in [-0.25, -0.2) is 13.1 Å². The molecule has 96 valence electrons. The molecule has 1 aromatic rings. The Morgan fingerprint density at radius 2 is 1.82 bits per heavy atom. The third-order valence-electron chi connectivity index (χ3n) is 2.59. The van der Waals surface area contributed by atoms with E-state index in [4.69, 9.17) is 5.73 Å². The zero-order chi connectivity index (χ0) is 12.9. The average molecular weight is 256 g/mol. The second kappa shape index (κ2) is 6.14. The molecule has 1 atom stereocenters. The fourth-order valence-corrected chi connectivity index (χ4v) is 2.48. The first kappa shape index (κ1) is 14.2. The summed E-state index contributed by atoms with van der Waals surface area (Å²) in [4.78, 5) is 0. The van der Waals surface area contributed by atoms with Gasteiger partial charge in [0.15, 0.2) is 0 Å². The fraction of sp³-hybridized carbons (Fsp3) is 0.500. The predicted octanol–water partition coefficient (Wildman–Crippen LogP) is 1.09. The van der Waals surface area contributed by atoms with Crippen molar-refractivity contribution in [2.75, 3.05) is 6.54 Å². The Morgan fingerprint density at radius 3 is 2.35 bits per heavy atom. The van der Waals surface area contributed by atoms with E-state index in [0.717, 1.165) is 5.56 Å². The van der Waals surface area contributed by atoms with Gasteiger partial charge in [0, 0.05) is 12.6 Å². The molecule has 0 heterocycles. The SMILES string of the molecule is CC(C)C(N)CNS(=O)(=O)Cc1ccccc1. The first-order valence-electron chi connectivity index (χ1n) is 5.67. The summed E-state index contributed by atoms with van der Waals surface area (Å²) in [6.07, 6.45) is 0. The van der Waals surface area contributed by atoms with Gasteiger partial charge in [0.05, 0.1) is 5.75 Å². The van der Waals surface area contributed by atoms with Crippen LogP contribution in [0.3, 0.4) is 0 Å². The third-order valence-corrected chi connectivity index (χ3v) is 3.91. The summed E-state index contributed by atoms with van der Waals surface area (Å²) < 4.78 is 26.1. The lowest BCUT2D eigenvalue weighted by atomic mass is 10.1. The smallest absolute Gasteiger partial charge is 0.215 e. The molecule has 0 aromatic heterocycles. The van der Waals surface area contributed by atoms with Crippen LogP contribution in [-0.2, 0) is 15.8 Å². The van der Waals surface area contributed by atoms with E-state index in [1.165, 1.54) is 0 Å². The molecule has 0 amide bonds. The van der Waals surface area contributed by atoms with E-state index in [0.29, 0.717) is 0 Å². The molecule has 0 aliphatic heterocycles. The van der Waals surface area contributed by atoms with Gasteiger partial charge in [-0.15, -0.1) is 0 Å². The Balaban J connectivity index is 2.53. The molecule has 0 saturated heterocycles. The Kier molecular flexibility index (Phi) is 5.11. The highest BCUT2D eigenvalue weighted by Crippen LogP contribution is 2.04. The number of nitrogens with one attached hydrogen (secondary N) is 1. The largest absolute Gasteiger partial charge is 0.326 e. The summed E-state index contributed by atoms with van der Waals surface area (Å²) in [7, 11) is -3.29. The fourth-order valence-electron chi connectivity index (χ4n) is 1.30. The van der Waals surface area contributed by atoms with Gasteiger partial charge >= 0.3 is 0 Å². The highest BCUT2D eigenvalue weighted by Gasteiger charge is 2.14. The molecule has 0 radical (unpaired) electrons. The standard InChI is InChI=1S/C12H20N2O2S/c1-10(2)12(13)8-14-17(15,16)9-11-6-4-3-5-7-11/h3-7,10,12,14H,8-9,13H2,1-2H3. The van der Waals surface area contributed by atoms with E-state index in [2.05, 4.69) is 4.72 Å². The number of hydrogen-bond donors (Lipinski definition) is 2. The summed E-state index contributed by atoms with van der Waals surface area (Å²) in [5.41, 5.74) is 6.57. The number of hydrogen-bond acceptors (Lipinski definition) is 3. The molecular formula is C12H20N2O2S. The molecule has 1 aromatic carbocycles. The zero-order valence-corrected chi connectivity index (χ0v) is 11.1. The number of nitrogens with two attached hydrogens (primary N) is 1. The highest BCUT2D eigenvalue weighted by atomic mass is 32.2. The van der Waals surface area contributed by atoms with E-state index in [-0.39, 0.29) is 24.3 Å². The first-order valence-corrected chi connectivity index (χ1v) is 7.33. The normalized spacial score (nSPS) is 13.9. The molecule has 0 spiro atoms. The summed E-state index contributed by atoms with van der Waals surface area (Å²) in [5, 5.41) is 0. The maximum absolute atomic E-state index is 11.8. The van der Waals surface area contributed by atoms with Crippen LogP contribution < -0.4 is 10.5 Å². The lowest BCUT2D eigenvalue weighted by molar-refractivity contribution is 0.481. The van der Waals surface area contributed by atoms with Crippen molar-refractivity contribution >= 4 is 10.0 Å². The summed E-state index contributed by atoms with van der Waals surface area (Å²) in [6.45, 7) is 4.22. The Morgan fingerprint density at radius 1 is 1.24 bits per heavy atom. The van der Waals surface area contributed by atoms with Gasteiger partial charge in [0.25, 0.3) is 0 Å². The molecular weight excluding hydrogens is 236 g/mol. The van der Waals surface area contributed by atoms with Gasteiger partial charge in [-0.3, -0.25) is 0 Å². The van der Waals surface area contributed by atoms with Crippen LogP contribution in [0, 0.1) is 5.92 Å². The monoisotopic (exact) mass is 256 g/mol. The van der Waals surface area contributed by atoms with Crippen LogP contribution in [0.5, 0.6) is 0 Å². The maximum atomic E-state index is 11.8. The molecule has 1 rings (SSSR count). The summed E-state index contributed by atoms with van der Waals surface area (Å²) >= 11 is 0. The molecule has 0 aliphatic carbocycles. The van der Waals surface area contributed by atoms with E-state index in [1.54, 1.807) is 12.1 Å². The summed E-state index contributed by atoms with van der Waals surface area (Å²) in [5.74, 6) is 0.257. The second-order valence-electron chi connectivity index (χ2n) is 4.50. The van der Waals surface area contributed by atoms with Crippen molar-refractivity contribution in [1.29, 1.82) is 0 Å². The number of benzene rings is 1. The molecule has 0 saturated carbocycles. The predicted molar refractivity (Wildman–Crippen MR) is 69.9 cm³/mol. The minimum absolute atomic E-state index is 0.00133. The molecule has 4 nitrogen and oxygen atoms in total. The molecule has 0 bridgehead atoms. The van der Waals surface area contributed by atoms with Crippen LogP contribution >= 0.6 is 0 Å². The molecule has 0 aliphatic rings. The maximum Gasteiger partial charge on any atom is 0.215 e. The van der Waals surface area contributed by atoms with E-state index in [1.807, 2.05) is 32.0 Å². The van der Waals surface area contributed by atoms with Crippen molar-refractivity contribution < 1.29 is 8.42 Å². The Bertz CT molecular complexity index is 429. The van der Waals surface area contributed by atoms with Crippen LogP contribution in [0.1, 0.15) is 19.4 Å². The van der Waals surface area contributed by atoms with Gasteiger partial charge in [-0.1, -0.05) is 44.2 Å². The van der Waals surface area contributed by atoms with Crippen molar-refractivity contribution in [2.24, 2.45) is 11.7 Å². The highest BCUT2D eigenvalue weighted by molar-refractivity contribution is 7.88. The zero-order valence-electron chi connectivity index (χ0n) is 10.3.